The summed E-state index contributed by atoms with van der Waals surface area (Å²) in [4.78, 5) is 29.1. The van der Waals surface area contributed by atoms with Gasteiger partial charge >= 0.3 is 11.9 Å². The van der Waals surface area contributed by atoms with Crippen LogP contribution in [0.1, 0.15) is 36.8 Å². The Labute approximate surface area is 244 Å². The van der Waals surface area contributed by atoms with Crippen molar-refractivity contribution < 1.29 is 28.5 Å². The molecule has 2 aromatic carbocycles. The molecule has 0 radical (unpaired) electrons. The fourth-order valence-electron chi connectivity index (χ4n) is 4.62. The van der Waals surface area contributed by atoms with Crippen molar-refractivity contribution in [3.63, 3.8) is 0 Å². The van der Waals surface area contributed by atoms with E-state index in [1.165, 1.54) is 12.7 Å². The molecular formula is C29H42Cl2N2O6. The van der Waals surface area contributed by atoms with E-state index in [4.69, 9.17) is 14.2 Å². The lowest BCUT2D eigenvalue weighted by atomic mass is 10.0. The highest BCUT2D eigenvalue weighted by molar-refractivity contribution is 5.85. The quantitative estimate of drug-likeness (QED) is 0.237. The van der Waals surface area contributed by atoms with Crippen molar-refractivity contribution in [2.75, 3.05) is 47.5 Å². The number of carbonyl (C=O) groups excluding carboxylic acids is 2. The Hall–Kier alpha value is -2.20. The number of nitrogens with zero attached hydrogens (tertiary/aromatic N) is 2. The van der Waals surface area contributed by atoms with E-state index in [2.05, 4.69) is 38.8 Å². The van der Waals surface area contributed by atoms with Crippen molar-refractivity contribution in [3.8, 4) is 5.75 Å². The maximum atomic E-state index is 12.8. The topological polar surface area (TPSA) is 77.5 Å². The minimum atomic E-state index is -0.472. The van der Waals surface area contributed by atoms with Crippen LogP contribution in [0.5, 0.6) is 5.75 Å². The summed E-state index contributed by atoms with van der Waals surface area (Å²) >= 11 is 0. The lowest BCUT2D eigenvalue weighted by Crippen LogP contribution is -2.45. The summed E-state index contributed by atoms with van der Waals surface area (Å²) in [5, 5.41) is 0. The highest BCUT2D eigenvalue weighted by Crippen LogP contribution is 2.23. The second kappa shape index (κ2) is 19.0. The lowest BCUT2D eigenvalue weighted by molar-refractivity contribution is -0.142. The zero-order valence-electron chi connectivity index (χ0n) is 23.1. The van der Waals surface area contributed by atoms with Crippen LogP contribution in [0.4, 0.5) is 0 Å². The van der Waals surface area contributed by atoms with Gasteiger partial charge in [0.05, 0.1) is 25.7 Å². The van der Waals surface area contributed by atoms with Crippen molar-refractivity contribution in [2.24, 2.45) is 0 Å². The fraction of sp³-hybridized carbons (Fsp3) is 0.517. The van der Waals surface area contributed by atoms with Gasteiger partial charge < -0.3 is 18.9 Å². The minimum Gasteiger partial charge on any atom is -0.469 e. The van der Waals surface area contributed by atoms with Crippen LogP contribution >= 0.6 is 24.8 Å². The fourth-order valence-corrected chi connectivity index (χ4v) is 4.62. The minimum absolute atomic E-state index is 0. The van der Waals surface area contributed by atoms with E-state index < -0.39 is 6.10 Å². The third-order valence-corrected chi connectivity index (χ3v) is 6.79. The van der Waals surface area contributed by atoms with E-state index in [9.17, 15) is 9.59 Å². The van der Waals surface area contributed by atoms with Crippen molar-refractivity contribution >= 4 is 36.8 Å². The predicted octanol–water partition coefficient (Wildman–Crippen LogP) is 4.52. The van der Waals surface area contributed by atoms with Crippen LogP contribution in [0.2, 0.25) is 0 Å². The Kier molecular flexibility index (Phi) is 16.9. The van der Waals surface area contributed by atoms with Gasteiger partial charge in [-0.2, -0.15) is 0 Å². The van der Waals surface area contributed by atoms with Gasteiger partial charge in [0, 0.05) is 65.5 Å². The Morgan fingerprint density at radius 2 is 1.36 bits per heavy atom. The molecule has 2 aromatic rings. The molecular weight excluding hydrogens is 543 g/mol. The molecule has 2 atom stereocenters. The summed E-state index contributed by atoms with van der Waals surface area (Å²) in [6.45, 7) is 5.62. The summed E-state index contributed by atoms with van der Waals surface area (Å²) in [5.41, 5.74) is 2.32. The number of hydrogen-bond donors (Lipinski definition) is 0. The number of halogens is 2. The molecule has 1 aliphatic heterocycles. The molecule has 3 rings (SSSR count). The van der Waals surface area contributed by atoms with Gasteiger partial charge in [-0.1, -0.05) is 48.5 Å². The predicted molar refractivity (Wildman–Crippen MR) is 156 cm³/mol. The number of esters is 2. The summed E-state index contributed by atoms with van der Waals surface area (Å²) in [6, 6.07) is 18.2. The maximum Gasteiger partial charge on any atom is 0.313 e. The molecule has 39 heavy (non-hydrogen) atoms. The molecule has 0 saturated carbocycles. The van der Waals surface area contributed by atoms with Crippen LogP contribution in [0.15, 0.2) is 54.6 Å². The smallest absolute Gasteiger partial charge is 0.313 e. The van der Waals surface area contributed by atoms with Crippen LogP contribution in [-0.4, -0.2) is 81.5 Å². The first-order chi connectivity index (χ1) is 18.0. The number of hydrogen-bond acceptors (Lipinski definition) is 8. The molecule has 2 unspecified atom stereocenters. The van der Waals surface area contributed by atoms with Crippen LogP contribution < -0.4 is 4.74 Å². The van der Waals surface area contributed by atoms with Crippen molar-refractivity contribution in [1.29, 1.82) is 0 Å². The largest absolute Gasteiger partial charge is 0.469 e. The van der Waals surface area contributed by atoms with Crippen LogP contribution in [-0.2, 0) is 36.9 Å². The molecule has 0 aliphatic carbocycles. The molecule has 1 saturated heterocycles. The number of carbonyl (C=O) groups is 2. The van der Waals surface area contributed by atoms with Crippen molar-refractivity contribution in [3.05, 3.63) is 65.7 Å². The SMILES string of the molecule is COC(=O)CCCC(OC)C(CC(=O)Oc1ccccc1CN1CCN(Cc2ccccc2)CC1)OC.Cl.Cl. The van der Waals surface area contributed by atoms with Gasteiger partial charge in [-0.3, -0.25) is 19.4 Å². The Bertz CT molecular complexity index is 973. The van der Waals surface area contributed by atoms with Gasteiger partial charge in [0.25, 0.3) is 0 Å². The van der Waals surface area contributed by atoms with Gasteiger partial charge in [-0.25, -0.2) is 0 Å². The van der Waals surface area contributed by atoms with E-state index >= 15 is 0 Å². The molecule has 0 N–H and O–H groups in total. The first-order valence-corrected chi connectivity index (χ1v) is 12.9. The second-order valence-electron chi connectivity index (χ2n) is 9.34. The zero-order chi connectivity index (χ0) is 26.5. The third-order valence-electron chi connectivity index (χ3n) is 6.79. The standard InChI is InChI=1S/C29H40N2O6.2ClH/c1-34-26(14-9-15-28(32)36-3)27(35-2)20-29(33)37-25-13-8-7-12-24(25)22-31-18-16-30(17-19-31)21-23-10-5-4-6-11-23;;/h4-8,10-13,26-27H,9,14-22H2,1-3H3;2*1H. The average Bonchev–Trinajstić information content (AvgIpc) is 2.92. The first-order valence-electron chi connectivity index (χ1n) is 12.9. The van der Waals surface area contributed by atoms with Crippen molar-refractivity contribution in [2.45, 2.75) is 51.0 Å². The molecule has 218 valence electrons. The molecule has 1 heterocycles. The summed E-state index contributed by atoms with van der Waals surface area (Å²) in [7, 11) is 4.50. The second-order valence-corrected chi connectivity index (χ2v) is 9.34. The third kappa shape index (κ3) is 11.8. The number of benzene rings is 2. The van der Waals surface area contributed by atoms with Gasteiger partial charge in [0.1, 0.15) is 5.75 Å². The number of para-hydroxylation sites is 1. The normalized spacial score (nSPS) is 15.4. The number of ether oxygens (including phenoxy) is 4. The lowest BCUT2D eigenvalue weighted by Gasteiger charge is -2.35. The maximum absolute atomic E-state index is 12.8. The van der Waals surface area contributed by atoms with Crippen LogP contribution in [0.3, 0.4) is 0 Å². The molecule has 8 nitrogen and oxygen atoms in total. The molecule has 10 heteroatoms. The molecule has 0 bridgehead atoms. The van der Waals surface area contributed by atoms with Crippen molar-refractivity contribution in [1.82, 2.24) is 9.80 Å². The molecule has 1 fully saturated rings. The Morgan fingerprint density at radius 1 is 0.769 bits per heavy atom. The van der Waals surface area contributed by atoms with Gasteiger partial charge in [0.2, 0.25) is 0 Å². The van der Waals surface area contributed by atoms with Crippen LogP contribution in [0, 0.1) is 0 Å². The highest BCUT2D eigenvalue weighted by atomic mass is 35.5. The molecule has 0 spiro atoms. The molecule has 1 aliphatic rings. The zero-order valence-corrected chi connectivity index (χ0v) is 24.7. The van der Waals surface area contributed by atoms with Gasteiger partial charge in [-0.05, 0) is 24.5 Å². The Balaban J connectivity index is 0.00000380. The Morgan fingerprint density at radius 3 is 1.97 bits per heavy atom. The van der Waals surface area contributed by atoms with Gasteiger partial charge in [0.15, 0.2) is 0 Å². The summed E-state index contributed by atoms with van der Waals surface area (Å²) in [6.07, 6.45) is 0.709. The number of methoxy groups -OCH3 is 3. The monoisotopic (exact) mass is 584 g/mol. The van der Waals surface area contributed by atoms with E-state index in [1.54, 1.807) is 14.2 Å². The van der Waals surface area contributed by atoms with E-state index in [1.807, 2.05) is 30.3 Å². The summed E-state index contributed by atoms with van der Waals surface area (Å²) < 4.78 is 21.6. The van der Waals surface area contributed by atoms with E-state index in [0.29, 0.717) is 25.0 Å². The average molecular weight is 586 g/mol. The summed E-state index contributed by atoms with van der Waals surface area (Å²) in [5.74, 6) is -0.0619. The van der Waals surface area contributed by atoms with Gasteiger partial charge in [-0.15, -0.1) is 24.8 Å². The van der Waals surface area contributed by atoms with Crippen LogP contribution in [0.25, 0.3) is 0 Å². The van der Waals surface area contributed by atoms with E-state index in [-0.39, 0.29) is 49.3 Å². The first kappa shape index (κ1) is 34.8. The number of piperazine rings is 1. The highest BCUT2D eigenvalue weighted by Gasteiger charge is 2.26. The molecule has 0 aromatic heterocycles. The van der Waals surface area contributed by atoms with E-state index in [0.717, 1.165) is 44.8 Å². The number of rotatable bonds is 14. The molecule has 0 amide bonds.